The highest BCUT2D eigenvalue weighted by Crippen LogP contribution is 2.35. The number of hydrogen-bond donors (Lipinski definition) is 1. The lowest BCUT2D eigenvalue weighted by atomic mass is 9.93. The zero-order chi connectivity index (χ0) is 14.6. The second-order valence-corrected chi connectivity index (χ2v) is 6.59. The number of hydrogen-bond acceptors (Lipinski definition) is 2. The van der Waals surface area contributed by atoms with Crippen molar-refractivity contribution in [1.29, 1.82) is 0 Å². The van der Waals surface area contributed by atoms with Crippen molar-refractivity contribution < 1.29 is 0 Å². The average molecular weight is 346 g/mol. The minimum absolute atomic E-state index is 0.0487. The van der Waals surface area contributed by atoms with E-state index < -0.39 is 0 Å². The molecule has 4 rings (SSSR count). The van der Waals surface area contributed by atoms with Gasteiger partial charge in [0, 0.05) is 9.86 Å². The van der Waals surface area contributed by atoms with Crippen LogP contribution in [-0.4, -0.2) is 14.8 Å². The predicted molar refractivity (Wildman–Crippen MR) is 87.8 cm³/mol. The third kappa shape index (κ3) is 1.87. The van der Waals surface area contributed by atoms with Crippen LogP contribution in [0.4, 0.5) is 0 Å². The number of pyridine rings is 1. The summed E-state index contributed by atoms with van der Waals surface area (Å²) in [6.45, 7) is 2.11. The zero-order valence-electron chi connectivity index (χ0n) is 11.8. The fourth-order valence-electron chi connectivity index (χ4n) is 3.08. The van der Waals surface area contributed by atoms with Crippen LogP contribution in [0.1, 0.15) is 37.8 Å². The topological polar surface area (TPSA) is 50.7 Å². The highest BCUT2D eigenvalue weighted by Gasteiger charge is 2.23. The number of fused-ring (bicyclic) bond motifs is 3. The summed E-state index contributed by atoms with van der Waals surface area (Å²) in [5.41, 5.74) is 3.02. The van der Waals surface area contributed by atoms with E-state index in [0.29, 0.717) is 11.4 Å². The molecule has 1 N–H and O–H groups in total. The molecular formula is C16H16BrN3O. The molecule has 108 valence electrons. The molecule has 0 unspecified atom stereocenters. The van der Waals surface area contributed by atoms with E-state index in [1.807, 2.05) is 0 Å². The lowest BCUT2D eigenvalue weighted by Crippen LogP contribution is -2.18. The Morgan fingerprint density at radius 3 is 2.86 bits per heavy atom. The lowest BCUT2D eigenvalue weighted by molar-refractivity contribution is 0.297. The number of H-pyrrole nitrogens is 1. The van der Waals surface area contributed by atoms with E-state index in [1.165, 1.54) is 12.0 Å². The normalized spacial score (nSPS) is 15.7. The minimum Gasteiger partial charge on any atom is -0.321 e. The molecule has 0 spiro atoms. The fraction of sp³-hybridized carbons (Fsp3) is 0.375. The maximum atomic E-state index is 12.3. The van der Waals surface area contributed by atoms with E-state index >= 15 is 0 Å². The fourth-order valence-corrected chi connectivity index (χ4v) is 3.71. The quantitative estimate of drug-likeness (QED) is 0.764. The zero-order valence-corrected chi connectivity index (χ0v) is 13.4. The molecular weight excluding hydrogens is 330 g/mol. The highest BCUT2D eigenvalue weighted by atomic mass is 79.9. The Kier molecular flexibility index (Phi) is 2.92. The summed E-state index contributed by atoms with van der Waals surface area (Å²) in [5.74, 6) is 0. The standard InChI is InChI=1S/C16H16BrN3O/c1-2-9-6-14-11(7-13(9)17)15-12(16(21)19-14)8-18-20(15)10-4-3-5-10/h6-8,10H,2-5H2,1H3,(H,19,21). The van der Waals surface area contributed by atoms with Crippen LogP contribution in [0.25, 0.3) is 21.8 Å². The van der Waals surface area contributed by atoms with E-state index in [4.69, 9.17) is 0 Å². The Morgan fingerprint density at radius 2 is 2.19 bits per heavy atom. The van der Waals surface area contributed by atoms with Gasteiger partial charge < -0.3 is 4.98 Å². The summed E-state index contributed by atoms with van der Waals surface area (Å²) in [5, 5.41) is 6.24. The van der Waals surface area contributed by atoms with Crippen molar-refractivity contribution in [2.75, 3.05) is 0 Å². The SMILES string of the molecule is CCc1cc2[nH]c(=O)c3cnn(C4CCC4)c3c2cc1Br. The smallest absolute Gasteiger partial charge is 0.259 e. The summed E-state index contributed by atoms with van der Waals surface area (Å²) in [6, 6.07) is 4.62. The molecule has 0 radical (unpaired) electrons. The number of nitrogens with one attached hydrogen (secondary N) is 1. The van der Waals surface area contributed by atoms with Gasteiger partial charge in [0.2, 0.25) is 0 Å². The monoisotopic (exact) mass is 345 g/mol. The first-order valence-electron chi connectivity index (χ1n) is 7.40. The molecule has 5 heteroatoms. The van der Waals surface area contributed by atoms with Gasteiger partial charge in [-0.25, -0.2) is 0 Å². The first kappa shape index (κ1) is 13.1. The van der Waals surface area contributed by atoms with Crippen LogP contribution in [0, 0.1) is 0 Å². The van der Waals surface area contributed by atoms with Crippen molar-refractivity contribution in [3.63, 3.8) is 0 Å². The first-order chi connectivity index (χ1) is 10.2. The van der Waals surface area contributed by atoms with Crippen molar-refractivity contribution >= 4 is 37.7 Å². The number of aryl methyl sites for hydroxylation is 1. The Labute approximate surface area is 130 Å². The van der Waals surface area contributed by atoms with Crippen molar-refractivity contribution in [2.45, 2.75) is 38.6 Å². The van der Waals surface area contributed by atoms with Crippen LogP contribution < -0.4 is 5.56 Å². The van der Waals surface area contributed by atoms with E-state index in [-0.39, 0.29) is 5.56 Å². The summed E-state index contributed by atoms with van der Waals surface area (Å²) in [6.07, 6.45) is 6.18. The molecule has 1 aliphatic carbocycles. The molecule has 2 aromatic heterocycles. The molecule has 0 saturated heterocycles. The third-order valence-corrected chi connectivity index (χ3v) is 5.27. The van der Waals surface area contributed by atoms with Crippen LogP contribution in [0.5, 0.6) is 0 Å². The van der Waals surface area contributed by atoms with Gasteiger partial charge in [-0.3, -0.25) is 9.48 Å². The van der Waals surface area contributed by atoms with Gasteiger partial charge in [0.1, 0.15) is 0 Å². The Balaban J connectivity index is 2.13. The van der Waals surface area contributed by atoms with Crippen LogP contribution in [0.3, 0.4) is 0 Å². The first-order valence-corrected chi connectivity index (χ1v) is 8.20. The minimum atomic E-state index is -0.0487. The van der Waals surface area contributed by atoms with Crippen LogP contribution >= 0.6 is 15.9 Å². The van der Waals surface area contributed by atoms with Crippen LogP contribution in [0.15, 0.2) is 27.6 Å². The molecule has 1 aromatic carbocycles. The van der Waals surface area contributed by atoms with Gasteiger partial charge in [-0.05, 0) is 43.4 Å². The number of aromatic amines is 1. The number of halogens is 1. The molecule has 0 bridgehead atoms. The molecule has 1 fully saturated rings. The van der Waals surface area contributed by atoms with Gasteiger partial charge in [-0.15, -0.1) is 0 Å². The Bertz CT molecular complexity index is 905. The van der Waals surface area contributed by atoms with Gasteiger partial charge in [0.25, 0.3) is 5.56 Å². The largest absolute Gasteiger partial charge is 0.321 e. The van der Waals surface area contributed by atoms with E-state index in [1.54, 1.807) is 6.20 Å². The van der Waals surface area contributed by atoms with Gasteiger partial charge in [-0.1, -0.05) is 22.9 Å². The lowest BCUT2D eigenvalue weighted by Gasteiger charge is -2.26. The Morgan fingerprint density at radius 1 is 1.38 bits per heavy atom. The van der Waals surface area contributed by atoms with Crippen LogP contribution in [-0.2, 0) is 6.42 Å². The number of benzene rings is 1. The predicted octanol–water partition coefficient (Wildman–Crippen LogP) is 3.93. The number of rotatable bonds is 2. The molecule has 4 nitrogen and oxygen atoms in total. The molecule has 3 aromatic rings. The molecule has 1 aliphatic rings. The third-order valence-electron chi connectivity index (χ3n) is 4.53. The second-order valence-electron chi connectivity index (χ2n) is 5.73. The van der Waals surface area contributed by atoms with E-state index in [0.717, 1.165) is 40.2 Å². The van der Waals surface area contributed by atoms with Crippen molar-refractivity contribution in [3.8, 4) is 0 Å². The molecule has 2 heterocycles. The summed E-state index contributed by atoms with van der Waals surface area (Å²) < 4.78 is 3.14. The van der Waals surface area contributed by atoms with E-state index in [2.05, 4.69) is 49.8 Å². The van der Waals surface area contributed by atoms with Crippen molar-refractivity contribution in [3.05, 3.63) is 38.7 Å². The Hall–Kier alpha value is -1.62. The summed E-state index contributed by atoms with van der Waals surface area (Å²) in [4.78, 5) is 15.3. The molecule has 0 aliphatic heterocycles. The maximum Gasteiger partial charge on any atom is 0.259 e. The van der Waals surface area contributed by atoms with Gasteiger partial charge in [0.05, 0.1) is 28.7 Å². The molecule has 1 saturated carbocycles. The molecule has 0 amide bonds. The van der Waals surface area contributed by atoms with Crippen molar-refractivity contribution in [1.82, 2.24) is 14.8 Å². The molecule has 21 heavy (non-hydrogen) atoms. The summed E-state index contributed by atoms with van der Waals surface area (Å²) >= 11 is 3.64. The molecule has 0 atom stereocenters. The van der Waals surface area contributed by atoms with E-state index in [9.17, 15) is 4.79 Å². The van der Waals surface area contributed by atoms with Gasteiger partial charge in [0.15, 0.2) is 0 Å². The highest BCUT2D eigenvalue weighted by molar-refractivity contribution is 9.10. The maximum absolute atomic E-state index is 12.3. The number of nitrogens with zero attached hydrogens (tertiary/aromatic N) is 2. The summed E-state index contributed by atoms with van der Waals surface area (Å²) in [7, 11) is 0. The van der Waals surface area contributed by atoms with Crippen LogP contribution in [0.2, 0.25) is 0 Å². The van der Waals surface area contributed by atoms with Crippen molar-refractivity contribution in [2.24, 2.45) is 0 Å². The average Bonchev–Trinajstić information content (AvgIpc) is 2.83. The van der Waals surface area contributed by atoms with Gasteiger partial charge in [-0.2, -0.15) is 5.10 Å². The van der Waals surface area contributed by atoms with Gasteiger partial charge >= 0.3 is 0 Å². The second kappa shape index (κ2) is 4.70. The number of aromatic nitrogens is 3.